The smallest absolute Gasteiger partial charge is 0.135 e. The molecule has 0 N–H and O–H groups in total. The summed E-state index contributed by atoms with van der Waals surface area (Å²) in [7, 11) is 0. The van der Waals surface area contributed by atoms with Crippen LogP contribution < -0.4 is 0 Å². The molecule has 0 atom stereocenters. The standard InChI is InChI=1S/C11H21N3/c1-6-10(7-2)14-9(5)12-13-11(14)8(3)4/h8,10H,6-7H2,1-5H3. The van der Waals surface area contributed by atoms with Gasteiger partial charge in [0.1, 0.15) is 11.6 Å². The predicted molar refractivity (Wildman–Crippen MR) is 58.5 cm³/mol. The van der Waals surface area contributed by atoms with Gasteiger partial charge in [0.25, 0.3) is 0 Å². The first kappa shape index (κ1) is 11.2. The van der Waals surface area contributed by atoms with Crippen LogP contribution in [0.15, 0.2) is 0 Å². The molecule has 0 bridgehead atoms. The van der Waals surface area contributed by atoms with E-state index in [2.05, 4.69) is 42.5 Å². The molecule has 3 nitrogen and oxygen atoms in total. The van der Waals surface area contributed by atoms with Crippen molar-refractivity contribution in [2.24, 2.45) is 0 Å². The average Bonchev–Trinajstić information content (AvgIpc) is 2.51. The summed E-state index contributed by atoms with van der Waals surface area (Å²) >= 11 is 0. The third-order valence-electron chi connectivity index (χ3n) is 2.72. The van der Waals surface area contributed by atoms with Gasteiger partial charge in [0, 0.05) is 12.0 Å². The second-order valence-corrected chi connectivity index (χ2v) is 4.10. The van der Waals surface area contributed by atoms with Crippen molar-refractivity contribution in [2.45, 2.75) is 59.4 Å². The number of aromatic nitrogens is 3. The molecule has 80 valence electrons. The van der Waals surface area contributed by atoms with Crippen molar-refractivity contribution in [3.8, 4) is 0 Å². The highest BCUT2D eigenvalue weighted by atomic mass is 15.3. The van der Waals surface area contributed by atoms with E-state index in [0.717, 1.165) is 24.5 Å². The molecule has 1 aromatic heterocycles. The van der Waals surface area contributed by atoms with Gasteiger partial charge in [0.2, 0.25) is 0 Å². The summed E-state index contributed by atoms with van der Waals surface area (Å²) in [5.41, 5.74) is 0. The molecular weight excluding hydrogens is 174 g/mol. The molecule has 0 fully saturated rings. The molecule has 0 spiro atoms. The third kappa shape index (κ3) is 1.97. The van der Waals surface area contributed by atoms with E-state index in [9.17, 15) is 0 Å². The van der Waals surface area contributed by atoms with Gasteiger partial charge in [-0.3, -0.25) is 0 Å². The summed E-state index contributed by atoms with van der Waals surface area (Å²) in [4.78, 5) is 0. The summed E-state index contributed by atoms with van der Waals surface area (Å²) in [5, 5.41) is 8.41. The van der Waals surface area contributed by atoms with Crippen LogP contribution >= 0.6 is 0 Å². The van der Waals surface area contributed by atoms with Crippen molar-refractivity contribution in [2.75, 3.05) is 0 Å². The molecular formula is C11H21N3. The van der Waals surface area contributed by atoms with Crippen molar-refractivity contribution >= 4 is 0 Å². The Hall–Kier alpha value is -0.860. The minimum Gasteiger partial charge on any atom is -0.312 e. The number of hydrogen-bond donors (Lipinski definition) is 0. The molecule has 1 rings (SSSR count). The van der Waals surface area contributed by atoms with Crippen molar-refractivity contribution < 1.29 is 0 Å². The normalized spacial score (nSPS) is 11.6. The molecule has 0 saturated heterocycles. The van der Waals surface area contributed by atoms with E-state index in [4.69, 9.17) is 0 Å². The van der Waals surface area contributed by atoms with E-state index in [1.54, 1.807) is 0 Å². The van der Waals surface area contributed by atoms with Gasteiger partial charge in [-0.05, 0) is 19.8 Å². The Morgan fingerprint density at radius 1 is 1.14 bits per heavy atom. The Kier molecular flexibility index (Phi) is 3.67. The van der Waals surface area contributed by atoms with Crippen LogP contribution in [0.4, 0.5) is 0 Å². The van der Waals surface area contributed by atoms with E-state index >= 15 is 0 Å². The Bertz CT molecular complexity index is 285. The number of hydrogen-bond acceptors (Lipinski definition) is 2. The first-order valence-electron chi connectivity index (χ1n) is 5.53. The highest BCUT2D eigenvalue weighted by Crippen LogP contribution is 2.23. The van der Waals surface area contributed by atoms with Crippen molar-refractivity contribution in [3.05, 3.63) is 11.6 Å². The number of nitrogens with zero attached hydrogens (tertiary/aromatic N) is 3. The largest absolute Gasteiger partial charge is 0.312 e. The van der Waals surface area contributed by atoms with Crippen LogP contribution in [0.1, 0.15) is 64.1 Å². The number of aryl methyl sites for hydroxylation is 1. The third-order valence-corrected chi connectivity index (χ3v) is 2.72. The fraction of sp³-hybridized carbons (Fsp3) is 0.818. The molecule has 0 radical (unpaired) electrons. The molecule has 1 aromatic rings. The van der Waals surface area contributed by atoms with Gasteiger partial charge >= 0.3 is 0 Å². The van der Waals surface area contributed by atoms with Gasteiger partial charge in [-0.1, -0.05) is 27.7 Å². The molecule has 0 aliphatic heterocycles. The molecule has 14 heavy (non-hydrogen) atoms. The lowest BCUT2D eigenvalue weighted by atomic mass is 10.1. The first-order chi connectivity index (χ1) is 6.61. The van der Waals surface area contributed by atoms with Gasteiger partial charge in [-0.15, -0.1) is 10.2 Å². The van der Waals surface area contributed by atoms with Crippen LogP contribution in [0.2, 0.25) is 0 Å². The Balaban J connectivity index is 3.09. The fourth-order valence-corrected chi connectivity index (χ4v) is 1.88. The zero-order chi connectivity index (χ0) is 10.7. The fourth-order valence-electron chi connectivity index (χ4n) is 1.88. The molecule has 0 aliphatic carbocycles. The summed E-state index contributed by atoms with van der Waals surface area (Å²) in [6, 6.07) is 0.558. The Morgan fingerprint density at radius 3 is 2.14 bits per heavy atom. The van der Waals surface area contributed by atoms with Crippen molar-refractivity contribution in [1.29, 1.82) is 0 Å². The van der Waals surface area contributed by atoms with Crippen molar-refractivity contribution in [3.63, 3.8) is 0 Å². The summed E-state index contributed by atoms with van der Waals surface area (Å²) in [6.45, 7) is 10.8. The second kappa shape index (κ2) is 4.58. The van der Waals surface area contributed by atoms with Gasteiger partial charge in [-0.25, -0.2) is 0 Å². The average molecular weight is 195 g/mol. The summed E-state index contributed by atoms with van der Waals surface area (Å²) < 4.78 is 2.30. The maximum absolute atomic E-state index is 4.24. The zero-order valence-corrected chi connectivity index (χ0v) is 9.91. The van der Waals surface area contributed by atoms with E-state index in [1.165, 1.54) is 0 Å². The van der Waals surface area contributed by atoms with Gasteiger partial charge in [-0.2, -0.15) is 0 Å². The molecule has 3 heteroatoms. The Morgan fingerprint density at radius 2 is 1.71 bits per heavy atom. The summed E-state index contributed by atoms with van der Waals surface area (Å²) in [5.74, 6) is 2.62. The highest BCUT2D eigenvalue weighted by molar-refractivity contribution is 5.01. The van der Waals surface area contributed by atoms with Crippen LogP contribution in [-0.4, -0.2) is 14.8 Å². The van der Waals surface area contributed by atoms with E-state index in [1.807, 2.05) is 6.92 Å². The molecule has 0 aromatic carbocycles. The van der Waals surface area contributed by atoms with E-state index in [0.29, 0.717) is 12.0 Å². The SMILES string of the molecule is CCC(CC)n1c(C)nnc1C(C)C. The lowest BCUT2D eigenvalue weighted by Crippen LogP contribution is -2.13. The van der Waals surface area contributed by atoms with Crippen LogP contribution in [0.5, 0.6) is 0 Å². The van der Waals surface area contributed by atoms with Gasteiger partial charge < -0.3 is 4.57 Å². The molecule has 1 heterocycles. The second-order valence-electron chi connectivity index (χ2n) is 4.10. The lowest BCUT2D eigenvalue weighted by Gasteiger charge is -2.19. The van der Waals surface area contributed by atoms with Crippen LogP contribution in [0.3, 0.4) is 0 Å². The Labute approximate surface area is 86.5 Å². The van der Waals surface area contributed by atoms with Gasteiger partial charge in [0.15, 0.2) is 0 Å². The van der Waals surface area contributed by atoms with Crippen molar-refractivity contribution in [1.82, 2.24) is 14.8 Å². The van der Waals surface area contributed by atoms with Crippen LogP contribution in [0, 0.1) is 6.92 Å². The minimum absolute atomic E-state index is 0.455. The molecule has 0 amide bonds. The van der Waals surface area contributed by atoms with E-state index in [-0.39, 0.29) is 0 Å². The molecule has 0 saturated carbocycles. The van der Waals surface area contributed by atoms with Gasteiger partial charge in [0.05, 0.1) is 0 Å². The maximum Gasteiger partial charge on any atom is 0.135 e. The quantitative estimate of drug-likeness (QED) is 0.739. The number of rotatable bonds is 4. The van der Waals surface area contributed by atoms with Crippen LogP contribution in [-0.2, 0) is 0 Å². The van der Waals surface area contributed by atoms with Crippen LogP contribution in [0.25, 0.3) is 0 Å². The predicted octanol–water partition coefficient (Wildman–Crippen LogP) is 3.07. The minimum atomic E-state index is 0.455. The van der Waals surface area contributed by atoms with E-state index < -0.39 is 0 Å². The highest BCUT2D eigenvalue weighted by Gasteiger charge is 2.17. The molecule has 0 unspecified atom stereocenters. The lowest BCUT2D eigenvalue weighted by molar-refractivity contribution is 0.439. The molecule has 0 aliphatic rings. The maximum atomic E-state index is 4.24. The topological polar surface area (TPSA) is 30.7 Å². The summed E-state index contributed by atoms with van der Waals surface area (Å²) in [6.07, 6.45) is 2.30. The first-order valence-corrected chi connectivity index (χ1v) is 5.53. The zero-order valence-electron chi connectivity index (χ0n) is 9.91. The monoisotopic (exact) mass is 195 g/mol.